The Hall–Kier alpha value is -5.74. The molecule has 272 valence electrons. The predicted molar refractivity (Wildman–Crippen MR) is 234 cm³/mol. The van der Waals surface area contributed by atoms with Crippen LogP contribution < -0.4 is 26.4 Å². The molecule has 7 aromatic rings. The summed E-state index contributed by atoms with van der Waals surface area (Å²) in [5.41, 5.74) is 16.3. The van der Waals surface area contributed by atoms with Crippen LogP contribution in [0.4, 0.5) is 34.1 Å². The van der Waals surface area contributed by atoms with E-state index in [4.69, 9.17) is 4.42 Å². The van der Waals surface area contributed by atoms with Gasteiger partial charge in [0.1, 0.15) is 5.76 Å². The highest BCUT2D eigenvalue weighted by Gasteiger charge is 2.49. The van der Waals surface area contributed by atoms with E-state index in [0.717, 1.165) is 45.5 Å². The van der Waals surface area contributed by atoms with Gasteiger partial charge in [0.05, 0.1) is 11.3 Å². The van der Waals surface area contributed by atoms with E-state index < -0.39 is 0 Å². The summed E-state index contributed by atoms with van der Waals surface area (Å²) < 4.78 is 7.35. The molecule has 0 unspecified atom stereocenters. The van der Waals surface area contributed by atoms with Crippen molar-refractivity contribution in [2.75, 3.05) is 9.80 Å². The monoisotopic (exact) mass is 716 g/mol. The number of para-hydroxylation sites is 2. The molecule has 0 amide bonds. The fourth-order valence-corrected chi connectivity index (χ4v) is 8.85. The van der Waals surface area contributed by atoms with Crippen molar-refractivity contribution >= 4 is 57.4 Å². The van der Waals surface area contributed by atoms with E-state index in [1.807, 2.05) is 0 Å². The van der Waals surface area contributed by atoms with Crippen LogP contribution in [0.1, 0.15) is 77.6 Å². The summed E-state index contributed by atoms with van der Waals surface area (Å²) in [6, 6.07) is 55.7. The molecule has 6 aromatic carbocycles. The number of furan rings is 1. The number of fused-ring (bicyclic) bond motifs is 6. The molecule has 0 bridgehead atoms. The molecule has 0 saturated heterocycles. The lowest BCUT2D eigenvalue weighted by Crippen LogP contribution is -2.57. The Kier molecular flexibility index (Phi) is 8.06. The number of hydrogen-bond acceptors (Lipinski definition) is 3. The highest BCUT2D eigenvalue weighted by Crippen LogP contribution is 2.56. The predicted octanol–water partition coefficient (Wildman–Crippen LogP) is 12.0. The summed E-state index contributed by atoms with van der Waals surface area (Å²) in [5.74, 6) is 0.988. The number of anilines is 6. The molecule has 1 aliphatic carbocycles. The normalized spacial score (nSPS) is 14.3. The maximum atomic E-state index is 7.35. The van der Waals surface area contributed by atoms with E-state index in [0.29, 0.717) is 0 Å². The molecule has 0 N–H and O–H groups in total. The van der Waals surface area contributed by atoms with Gasteiger partial charge in [-0.2, -0.15) is 0 Å². The van der Waals surface area contributed by atoms with Crippen molar-refractivity contribution in [3.63, 3.8) is 0 Å². The van der Waals surface area contributed by atoms with E-state index in [1.54, 1.807) is 0 Å². The lowest BCUT2D eigenvalue weighted by molar-refractivity contribution is 0.590. The molecule has 0 saturated carbocycles. The summed E-state index contributed by atoms with van der Waals surface area (Å²) in [6.45, 7) is 18.3. The molecule has 1 aromatic heterocycles. The lowest BCUT2D eigenvalue weighted by Gasteiger charge is -2.38. The van der Waals surface area contributed by atoms with Gasteiger partial charge in [0.25, 0.3) is 6.71 Å². The van der Waals surface area contributed by atoms with Gasteiger partial charge >= 0.3 is 0 Å². The van der Waals surface area contributed by atoms with Gasteiger partial charge < -0.3 is 14.2 Å². The van der Waals surface area contributed by atoms with Crippen LogP contribution in [0.5, 0.6) is 0 Å². The molecule has 0 spiro atoms. The van der Waals surface area contributed by atoms with Crippen LogP contribution >= 0.6 is 0 Å². The molecule has 9 rings (SSSR count). The minimum Gasteiger partial charge on any atom is -0.468 e. The van der Waals surface area contributed by atoms with Gasteiger partial charge in [-0.15, -0.1) is 0 Å². The first-order valence-electron chi connectivity index (χ1n) is 19.6. The zero-order valence-corrected chi connectivity index (χ0v) is 33.3. The molecular formula is C51H49BN2O. The minimum atomic E-state index is -0.278. The molecule has 2 aliphatic rings. The first kappa shape index (κ1) is 35.0. The van der Waals surface area contributed by atoms with Crippen molar-refractivity contribution in [2.24, 2.45) is 0 Å². The molecule has 0 atom stereocenters. The average Bonchev–Trinajstić information content (AvgIpc) is 3.67. The highest BCUT2D eigenvalue weighted by atomic mass is 16.3. The molecule has 3 nitrogen and oxygen atoms in total. The molecule has 0 fully saturated rings. The quantitative estimate of drug-likeness (QED) is 0.165. The van der Waals surface area contributed by atoms with E-state index >= 15 is 0 Å². The van der Waals surface area contributed by atoms with Gasteiger partial charge in [0, 0.05) is 45.0 Å². The summed E-state index contributed by atoms with van der Waals surface area (Å²) >= 11 is 0. The van der Waals surface area contributed by atoms with Crippen LogP contribution in [0.15, 0.2) is 156 Å². The first-order chi connectivity index (χ1) is 26.3. The highest BCUT2D eigenvalue weighted by molar-refractivity contribution is 6.97. The third-order valence-corrected chi connectivity index (χ3v) is 11.8. The van der Waals surface area contributed by atoms with E-state index in [1.165, 1.54) is 38.7 Å². The van der Waals surface area contributed by atoms with Crippen LogP contribution in [0, 0.1) is 0 Å². The van der Waals surface area contributed by atoms with E-state index in [2.05, 4.69) is 217 Å². The summed E-state index contributed by atoms with van der Waals surface area (Å²) in [5, 5.41) is 0. The van der Waals surface area contributed by atoms with Crippen molar-refractivity contribution in [1.29, 1.82) is 0 Å². The first-order valence-corrected chi connectivity index (χ1v) is 19.6. The Labute approximate surface area is 327 Å². The van der Waals surface area contributed by atoms with Gasteiger partial charge in [-0.3, -0.25) is 0 Å². The zero-order chi connectivity index (χ0) is 38.3. The number of rotatable bonds is 5. The standard InChI is InChI=1S/C51H49BN2O/c1-49(2,3)34-26-28-39(29-27-34)54-44-33-40(53(37-20-11-9-12-21-37)38-22-13-10-14-23-38)30-31-43(44)52(36-19-17-18-35(32-36)50(4,5)6)48-46(54)45-47(55-48)41-24-15-16-25-42(41)51(45,7)8/h9-33H,1-8H3. The summed E-state index contributed by atoms with van der Waals surface area (Å²) in [4.78, 5) is 4.88. The third-order valence-electron chi connectivity index (χ3n) is 11.8. The van der Waals surface area contributed by atoms with Crippen LogP contribution in [0.3, 0.4) is 0 Å². The largest absolute Gasteiger partial charge is 0.468 e. The fourth-order valence-electron chi connectivity index (χ4n) is 8.85. The lowest BCUT2D eigenvalue weighted by atomic mass is 9.37. The second-order valence-corrected chi connectivity index (χ2v) is 17.9. The Morgan fingerprint density at radius 3 is 1.84 bits per heavy atom. The Bertz CT molecular complexity index is 2500. The van der Waals surface area contributed by atoms with Crippen molar-refractivity contribution in [3.8, 4) is 11.3 Å². The van der Waals surface area contributed by atoms with Crippen molar-refractivity contribution < 1.29 is 4.42 Å². The van der Waals surface area contributed by atoms with Crippen LogP contribution in [0.2, 0.25) is 0 Å². The van der Waals surface area contributed by atoms with Gasteiger partial charge in [-0.1, -0.05) is 164 Å². The fraction of sp³-hybridized carbons (Fsp3) is 0.216. The van der Waals surface area contributed by atoms with Gasteiger partial charge in [0.2, 0.25) is 0 Å². The smallest absolute Gasteiger partial charge is 0.292 e. The van der Waals surface area contributed by atoms with Gasteiger partial charge in [0.15, 0.2) is 0 Å². The van der Waals surface area contributed by atoms with Crippen molar-refractivity contribution in [1.82, 2.24) is 0 Å². The summed E-state index contributed by atoms with van der Waals surface area (Å²) in [6.07, 6.45) is 0. The Morgan fingerprint density at radius 2 is 1.20 bits per heavy atom. The average molecular weight is 717 g/mol. The number of benzene rings is 6. The SMILES string of the molecule is CC(C)(C)c1ccc(N2c3cc(N(c4ccccc4)c4ccccc4)ccc3B(c3cccc(C(C)(C)C)c3)c3oc4c(c32)C(C)(C)c2ccccc2-4)cc1. The van der Waals surface area contributed by atoms with E-state index in [-0.39, 0.29) is 23.0 Å². The second kappa shape index (κ2) is 12.7. The number of hydrogen-bond donors (Lipinski definition) is 0. The van der Waals surface area contributed by atoms with Gasteiger partial charge in [-0.05, 0) is 81.5 Å². The third kappa shape index (κ3) is 5.73. The summed E-state index contributed by atoms with van der Waals surface area (Å²) in [7, 11) is 0. The van der Waals surface area contributed by atoms with E-state index in [9.17, 15) is 0 Å². The molecular weight excluding hydrogens is 667 g/mol. The zero-order valence-electron chi connectivity index (χ0n) is 33.3. The topological polar surface area (TPSA) is 19.6 Å². The van der Waals surface area contributed by atoms with Crippen LogP contribution in [-0.4, -0.2) is 6.71 Å². The minimum absolute atomic E-state index is 0.00124. The molecule has 55 heavy (non-hydrogen) atoms. The molecule has 4 heteroatoms. The Morgan fingerprint density at radius 1 is 0.582 bits per heavy atom. The second-order valence-electron chi connectivity index (χ2n) is 17.9. The maximum Gasteiger partial charge on any atom is 0.292 e. The molecule has 0 radical (unpaired) electrons. The maximum absolute atomic E-state index is 7.35. The molecule has 2 heterocycles. The van der Waals surface area contributed by atoms with Crippen LogP contribution in [0.25, 0.3) is 11.3 Å². The van der Waals surface area contributed by atoms with Crippen molar-refractivity contribution in [2.45, 2.75) is 71.6 Å². The van der Waals surface area contributed by atoms with Crippen molar-refractivity contribution in [3.05, 3.63) is 174 Å². The van der Waals surface area contributed by atoms with Gasteiger partial charge in [-0.25, -0.2) is 0 Å². The van der Waals surface area contributed by atoms with Crippen LogP contribution in [-0.2, 0) is 16.2 Å². The number of nitrogens with zero attached hydrogens (tertiary/aromatic N) is 2. The Balaban J connectivity index is 1.36. The molecule has 1 aliphatic heterocycles.